The molecule has 1 amide bonds. The first-order valence-corrected chi connectivity index (χ1v) is 9.20. The van der Waals surface area contributed by atoms with Crippen LogP contribution in [0.5, 0.6) is 5.75 Å². The maximum Gasteiger partial charge on any atom is 0.274 e. The second-order valence-corrected chi connectivity index (χ2v) is 6.78. The zero-order chi connectivity index (χ0) is 19.5. The molecule has 2 heterocycles. The van der Waals surface area contributed by atoms with Gasteiger partial charge in [0.1, 0.15) is 5.69 Å². The van der Waals surface area contributed by atoms with E-state index in [0.29, 0.717) is 30.8 Å². The summed E-state index contributed by atoms with van der Waals surface area (Å²) in [5.41, 5.74) is 2.74. The third kappa shape index (κ3) is 3.80. The van der Waals surface area contributed by atoms with E-state index in [2.05, 4.69) is 14.9 Å². The average molecular weight is 380 g/mol. The van der Waals surface area contributed by atoms with Gasteiger partial charge in [0.2, 0.25) is 0 Å². The van der Waals surface area contributed by atoms with E-state index in [4.69, 9.17) is 4.74 Å². The van der Waals surface area contributed by atoms with E-state index in [0.717, 1.165) is 24.2 Å². The number of para-hydroxylation sites is 2. The van der Waals surface area contributed by atoms with Crippen molar-refractivity contribution in [1.29, 1.82) is 0 Å². The van der Waals surface area contributed by atoms with Crippen LogP contribution in [0, 0.1) is 5.82 Å². The number of fused-ring (bicyclic) bond motifs is 1. The number of ether oxygens (including phenoxy) is 1. The van der Waals surface area contributed by atoms with Crippen LogP contribution < -0.4 is 4.74 Å². The Morgan fingerprint density at radius 1 is 1.11 bits per heavy atom. The molecule has 0 unspecified atom stereocenters. The molecule has 7 heteroatoms. The number of carbonyl (C=O) groups excluding carboxylic acids is 1. The van der Waals surface area contributed by atoms with Crippen LogP contribution in [0.25, 0.3) is 11.0 Å². The predicted octanol–water partition coefficient (Wildman–Crippen LogP) is 2.74. The zero-order valence-electron chi connectivity index (χ0n) is 15.6. The fourth-order valence-electron chi connectivity index (χ4n) is 3.40. The van der Waals surface area contributed by atoms with Gasteiger partial charge in [-0.05, 0) is 29.8 Å². The number of carbonyl (C=O) groups is 1. The Morgan fingerprint density at radius 2 is 1.86 bits per heavy atom. The molecule has 0 bridgehead atoms. The van der Waals surface area contributed by atoms with Crippen LogP contribution in [0.2, 0.25) is 0 Å². The van der Waals surface area contributed by atoms with Crippen molar-refractivity contribution in [2.45, 2.75) is 6.54 Å². The zero-order valence-corrected chi connectivity index (χ0v) is 15.6. The monoisotopic (exact) mass is 380 g/mol. The van der Waals surface area contributed by atoms with Crippen LogP contribution in [-0.4, -0.2) is 59.0 Å². The first-order chi connectivity index (χ1) is 13.6. The van der Waals surface area contributed by atoms with Gasteiger partial charge in [0.25, 0.3) is 5.91 Å². The second kappa shape index (κ2) is 7.90. The summed E-state index contributed by atoms with van der Waals surface area (Å²) in [5.74, 6) is -0.215. The van der Waals surface area contributed by atoms with Crippen LogP contribution in [-0.2, 0) is 6.54 Å². The Morgan fingerprint density at radius 3 is 2.57 bits per heavy atom. The van der Waals surface area contributed by atoms with Crippen LogP contribution >= 0.6 is 0 Å². The maximum absolute atomic E-state index is 13.9. The molecule has 28 heavy (non-hydrogen) atoms. The van der Waals surface area contributed by atoms with Gasteiger partial charge in [-0.2, -0.15) is 0 Å². The van der Waals surface area contributed by atoms with E-state index < -0.39 is 0 Å². The maximum atomic E-state index is 13.9. The van der Waals surface area contributed by atoms with Crippen molar-refractivity contribution in [2.75, 3.05) is 33.3 Å². The average Bonchev–Trinajstić information content (AvgIpc) is 2.73. The highest BCUT2D eigenvalue weighted by Crippen LogP contribution is 2.19. The van der Waals surface area contributed by atoms with Gasteiger partial charge in [-0.1, -0.05) is 18.2 Å². The van der Waals surface area contributed by atoms with Crippen molar-refractivity contribution >= 4 is 16.9 Å². The molecule has 144 valence electrons. The van der Waals surface area contributed by atoms with Gasteiger partial charge in [0, 0.05) is 32.7 Å². The summed E-state index contributed by atoms with van der Waals surface area (Å²) in [7, 11) is 1.45. The number of hydrogen-bond donors (Lipinski definition) is 0. The molecule has 1 aliphatic rings. The first kappa shape index (κ1) is 18.3. The number of methoxy groups -OCH3 is 1. The molecule has 1 saturated heterocycles. The molecule has 1 fully saturated rings. The van der Waals surface area contributed by atoms with Crippen LogP contribution in [0.15, 0.2) is 48.7 Å². The lowest BCUT2D eigenvalue weighted by atomic mass is 10.1. The van der Waals surface area contributed by atoms with Gasteiger partial charge >= 0.3 is 0 Å². The summed E-state index contributed by atoms with van der Waals surface area (Å²) in [4.78, 5) is 25.5. The molecule has 0 aliphatic carbocycles. The fourth-order valence-corrected chi connectivity index (χ4v) is 3.40. The molecular formula is C21H21FN4O2. The summed E-state index contributed by atoms with van der Waals surface area (Å²) in [6.45, 7) is 3.29. The Bertz CT molecular complexity index is 1000. The van der Waals surface area contributed by atoms with Crippen LogP contribution in [0.4, 0.5) is 4.39 Å². The van der Waals surface area contributed by atoms with E-state index in [1.807, 2.05) is 30.3 Å². The Hall–Kier alpha value is -3.06. The lowest BCUT2D eigenvalue weighted by molar-refractivity contribution is 0.0622. The normalized spacial score (nSPS) is 15.0. The summed E-state index contributed by atoms with van der Waals surface area (Å²) < 4.78 is 18.8. The number of nitrogens with zero attached hydrogens (tertiary/aromatic N) is 4. The highest BCUT2D eigenvalue weighted by Gasteiger charge is 2.23. The SMILES string of the molecule is COc1ccc(CN2CCN(C(=O)c3cnc4ccccc4n3)CC2)cc1F. The topological polar surface area (TPSA) is 58.6 Å². The summed E-state index contributed by atoms with van der Waals surface area (Å²) in [6.07, 6.45) is 1.54. The van der Waals surface area contributed by atoms with E-state index in [-0.39, 0.29) is 17.5 Å². The van der Waals surface area contributed by atoms with E-state index in [1.54, 1.807) is 11.0 Å². The molecule has 1 aliphatic heterocycles. The van der Waals surface area contributed by atoms with E-state index in [9.17, 15) is 9.18 Å². The van der Waals surface area contributed by atoms with Crippen molar-refractivity contribution in [1.82, 2.24) is 19.8 Å². The molecule has 1 aromatic heterocycles. The number of halogens is 1. The third-order valence-electron chi connectivity index (χ3n) is 4.95. The van der Waals surface area contributed by atoms with Crippen molar-refractivity contribution in [3.05, 3.63) is 65.7 Å². The van der Waals surface area contributed by atoms with Gasteiger partial charge < -0.3 is 9.64 Å². The minimum atomic E-state index is -0.358. The first-order valence-electron chi connectivity index (χ1n) is 9.20. The summed E-state index contributed by atoms with van der Waals surface area (Å²) in [5, 5.41) is 0. The minimum absolute atomic E-state index is 0.103. The van der Waals surface area contributed by atoms with Gasteiger partial charge in [0.05, 0.1) is 24.3 Å². The molecule has 0 N–H and O–H groups in total. The van der Waals surface area contributed by atoms with Gasteiger partial charge in [-0.25, -0.2) is 9.37 Å². The number of aromatic nitrogens is 2. The number of hydrogen-bond acceptors (Lipinski definition) is 5. The molecule has 0 radical (unpaired) electrons. The standard InChI is InChI=1S/C21H21FN4O2/c1-28-20-7-6-15(12-16(20)22)14-25-8-10-26(11-9-25)21(27)19-13-23-17-4-2-3-5-18(17)24-19/h2-7,12-13H,8-11,14H2,1H3. The third-order valence-corrected chi connectivity index (χ3v) is 4.95. The van der Waals surface area contributed by atoms with Gasteiger partial charge in [-0.15, -0.1) is 0 Å². The molecule has 0 atom stereocenters. The van der Waals surface area contributed by atoms with Gasteiger partial charge in [-0.3, -0.25) is 14.7 Å². The molecule has 4 rings (SSSR count). The molecule has 6 nitrogen and oxygen atoms in total. The Balaban J connectivity index is 1.37. The van der Waals surface area contributed by atoms with E-state index in [1.165, 1.54) is 19.4 Å². The Labute approximate surface area is 162 Å². The molecule has 2 aromatic carbocycles. The summed E-state index contributed by atoms with van der Waals surface area (Å²) in [6, 6.07) is 12.5. The lowest BCUT2D eigenvalue weighted by Gasteiger charge is -2.34. The number of benzene rings is 2. The van der Waals surface area contributed by atoms with Gasteiger partial charge in [0.15, 0.2) is 11.6 Å². The van der Waals surface area contributed by atoms with Crippen molar-refractivity contribution < 1.29 is 13.9 Å². The van der Waals surface area contributed by atoms with Crippen molar-refractivity contribution in [3.8, 4) is 5.75 Å². The lowest BCUT2D eigenvalue weighted by Crippen LogP contribution is -2.48. The number of piperazine rings is 1. The predicted molar refractivity (Wildman–Crippen MR) is 104 cm³/mol. The quantitative estimate of drug-likeness (QED) is 0.697. The number of rotatable bonds is 4. The Kier molecular flexibility index (Phi) is 5.16. The van der Waals surface area contributed by atoms with Crippen molar-refractivity contribution in [2.24, 2.45) is 0 Å². The smallest absolute Gasteiger partial charge is 0.274 e. The highest BCUT2D eigenvalue weighted by molar-refractivity contribution is 5.93. The molecule has 0 saturated carbocycles. The number of amides is 1. The highest BCUT2D eigenvalue weighted by atomic mass is 19.1. The summed E-state index contributed by atoms with van der Waals surface area (Å²) >= 11 is 0. The van der Waals surface area contributed by atoms with Crippen LogP contribution in [0.3, 0.4) is 0 Å². The minimum Gasteiger partial charge on any atom is -0.494 e. The van der Waals surface area contributed by atoms with Crippen LogP contribution in [0.1, 0.15) is 16.1 Å². The molecule has 0 spiro atoms. The molecule has 3 aromatic rings. The molecular weight excluding hydrogens is 359 g/mol. The largest absolute Gasteiger partial charge is 0.494 e. The second-order valence-electron chi connectivity index (χ2n) is 6.78. The van der Waals surface area contributed by atoms with E-state index >= 15 is 0 Å². The van der Waals surface area contributed by atoms with Crippen molar-refractivity contribution in [3.63, 3.8) is 0 Å². The fraction of sp³-hybridized carbons (Fsp3) is 0.286.